The van der Waals surface area contributed by atoms with Gasteiger partial charge in [0.15, 0.2) is 5.13 Å². The second-order valence-electron chi connectivity index (χ2n) is 12.5. The SMILES string of the molecule is C[C@@H]1CC2CC(OCc3c(C4CCCCC4C(F)(F)F)noc3C3CC3)CC1N2c1nc2ccc(C(=O)O)cc2s1. The van der Waals surface area contributed by atoms with Crippen molar-refractivity contribution in [2.24, 2.45) is 11.8 Å². The Kier molecular flexibility index (Phi) is 6.80. The number of rotatable bonds is 7. The molecule has 6 atom stereocenters. The lowest BCUT2D eigenvalue weighted by Crippen LogP contribution is -2.46. The summed E-state index contributed by atoms with van der Waals surface area (Å²) in [5.41, 5.74) is 2.28. The van der Waals surface area contributed by atoms with Crippen LogP contribution in [-0.2, 0) is 11.3 Å². The lowest BCUT2D eigenvalue weighted by Gasteiger charge is -2.39. The fourth-order valence-electron chi connectivity index (χ4n) is 7.55. The van der Waals surface area contributed by atoms with Crippen LogP contribution in [0.5, 0.6) is 0 Å². The molecule has 220 valence electrons. The highest BCUT2D eigenvalue weighted by molar-refractivity contribution is 7.22. The summed E-state index contributed by atoms with van der Waals surface area (Å²) in [6, 6.07) is 5.51. The Morgan fingerprint density at radius 1 is 1.17 bits per heavy atom. The first-order chi connectivity index (χ1) is 19.7. The van der Waals surface area contributed by atoms with Crippen LogP contribution in [0, 0.1) is 11.8 Å². The van der Waals surface area contributed by atoms with Gasteiger partial charge < -0.3 is 19.3 Å². The van der Waals surface area contributed by atoms with E-state index in [1.165, 1.54) is 11.3 Å². The van der Waals surface area contributed by atoms with Gasteiger partial charge in [0.25, 0.3) is 0 Å². The first kappa shape index (κ1) is 27.2. The van der Waals surface area contributed by atoms with Crippen LogP contribution < -0.4 is 4.90 Å². The van der Waals surface area contributed by atoms with Crippen LogP contribution in [0.4, 0.5) is 18.3 Å². The number of piperidine rings is 1. The van der Waals surface area contributed by atoms with Crippen molar-refractivity contribution in [2.75, 3.05) is 4.90 Å². The molecule has 2 aliphatic heterocycles. The Morgan fingerprint density at radius 2 is 1.98 bits per heavy atom. The molecular weight excluding hydrogens is 555 g/mol. The quantitative estimate of drug-likeness (QED) is 0.303. The van der Waals surface area contributed by atoms with Gasteiger partial charge in [-0.2, -0.15) is 13.2 Å². The number of carbonyl (C=O) groups is 1. The molecule has 0 radical (unpaired) electrons. The largest absolute Gasteiger partial charge is 0.478 e. The van der Waals surface area contributed by atoms with Crippen molar-refractivity contribution in [3.05, 3.63) is 40.8 Å². The van der Waals surface area contributed by atoms with Gasteiger partial charge in [-0.15, -0.1) is 0 Å². The monoisotopic (exact) mass is 589 g/mol. The standard InChI is InChI=1S/C30H34F3N3O4S/c1-15-10-18-12-19(13-24(15)36(18)29-34-23-9-8-17(28(37)38)11-25(23)41-29)39-14-21-26(35-40-27(21)16-6-7-16)20-4-2-3-5-22(20)30(31,32)33/h8-9,11,15-16,18-20,22,24H,2-7,10,12-14H2,1H3,(H,37,38)/t15-,18?,19?,20?,22?,24?/m1/s1. The van der Waals surface area contributed by atoms with E-state index in [1.807, 2.05) is 0 Å². The number of halogens is 3. The van der Waals surface area contributed by atoms with E-state index in [9.17, 15) is 23.1 Å². The maximum absolute atomic E-state index is 14.0. The van der Waals surface area contributed by atoms with Gasteiger partial charge in [-0.1, -0.05) is 36.3 Å². The molecule has 4 aliphatic rings. The fourth-order valence-corrected chi connectivity index (χ4v) is 8.68. The predicted octanol–water partition coefficient (Wildman–Crippen LogP) is 7.66. The number of fused-ring (bicyclic) bond motifs is 3. The number of aromatic carboxylic acids is 1. The lowest BCUT2D eigenvalue weighted by molar-refractivity contribution is -0.187. The number of aromatic nitrogens is 2. The molecule has 2 aromatic heterocycles. The summed E-state index contributed by atoms with van der Waals surface area (Å²) in [4.78, 5) is 18.7. The van der Waals surface area contributed by atoms with Gasteiger partial charge in [0, 0.05) is 29.5 Å². The summed E-state index contributed by atoms with van der Waals surface area (Å²) in [7, 11) is 0. The smallest absolute Gasteiger partial charge is 0.392 e. The number of hydrogen-bond acceptors (Lipinski definition) is 7. The number of benzene rings is 1. The van der Waals surface area contributed by atoms with Gasteiger partial charge in [0.2, 0.25) is 0 Å². The van der Waals surface area contributed by atoms with Crippen molar-refractivity contribution in [3.8, 4) is 0 Å². The molecule has 2 aliphatic carbocycles. The molecule has 3 aromatic rings. The van der Waals surface area contributed by atoms with E-state index >= 15 is 0 Å². The van der Waals surface area contributed by atoms with Crippen molar-refractivity contribution in [3.63, 3.8) is 0 Å². The molecule has 7 rings (SSSR count). The number of alkyl halides is 3. The van der Waals surface area contributed by atoms with Crippen molar-refractivity contribution < 1.29 is 32.3 Å². The van der Waals surface area contributed by atoms with Gasteiger partial charge in [0.05, 0.1) is 40.1 Å². The summed E-state index contributed by atoms with van der Waals surface area (Å²) in [5, 5.41) is 14.5. The predicted molar refractivity (Wildman–Crippen MR) is 147 cm³/mol. The molecule has 2 saturated carbocycles. The van der Waals surface area contributed by atoms with Crippen LogP contribution >= 0.6 is 11.3 Å². The zero-order chi connectivity index (χ0) is 28.5. The molecule has 2 saturated heterocycles. The highest BCUT2D eigenvalue weighted by atomic mass is 32.1. The Balaban J connectivity index is 1.09. The van der Waals surface area contributed by atoms with Crippen LogP contribution in [0.1, 0.15) is 104 Å². The normalized spacial score (nSPS) is 30.3. The van der Waals surface area contributed by atoms with E-state index in [-0.39, 0.29) is 42.7 Å². The molecule has 1 N–H and O–H groups in total. The van der Waals surface area contributed by atoms with Crippen LogP contribution in [0.3, 0.4) is 0 Å². The fraction of sp³-hybridized carbons (Fsp3) is 0.633. The zero-order valence-electron chi connectivity index (χ0n) is 22.9. The van der Waals surface area contributed by atoms with E-state index in [4.69, 9.17) is 14.2 Å². The minimum absolute atomic E-state index is 0.0150. The van der Waals surface area contributed by atoms with Crippen molar-refractivity contribution in [1.29, 1.82) is 0 Å². The highest BCUT2D eigenvalue weighted by Crippen LogP contribution is 2.51. The number of nitrogens with zero attached hydrogens (tertiary/aromatic N) is 3. The summed E-state index contributed by atoms with van der Waals surface area (Å²) in [6.45, 7) is 2.49. The third-order valence-corrected chi connectivity index (χ3v) is 10.8. The molecule has 0 amide bonds. The van der Waals surface area contributed by atoms with Crippen molar-refractivity contribution >= 4 is 32.7 Å². The Bertz CT molecular complexity index is 1450. The average Bonchev–Trinajstić information content (AvgIpc) is 3.49. The van der Waals surface area contributed by atoms with Gasteiger partial charge >= 0.3 is 12.1 Å². The van der Waals surface area contributed by atoms with E-state index in [2.05, 4.69) is 17.0 Å². The lowest BCUT2D eigenvalue weighted by atomic mass is 9.76. The highest BCUT2D eigenvalue weighted by Gasteiger charge is 2.49. The van der Waals surface area contributed by atoms with Crippen molar-refractivity contribution in [1.82, 2.24) is 10.1 Å². The molecule has 7 nitrogen and oxygen atoms in total. The Labute approximate surface area is 240 Å². The molecule has 11 heteroatoms. The van der Waals surface area contributed by atoms with Crippen LogP contribution in [-0.4, -0.2) is 45.6 Å². The molecule has 1 aromatic carbocycles. The van der Waals surface area contributed by atoms with Gasteiger partial charge in [-0.3, -0.25) is 0 Å². The second-order valence-corrected chi connectivity index (χ2v) is 13.5. The molecule has 0 spiro atoms. The number of thiazole rings is 1. The van der Waals surface area contributed by atoms with E-state index in [0.29, 0.717) is 24.5 Å². The average molecular weight is 590 g/mol. The molecule has 5 unspecified atom stereocenters. The molecule has 41 heavy (non-hydrogen) atoms. The number of anilines is 1. The molecule has 2 bridgehead atoms. The zero-order valence-corrected chi connectivity index (χ0v) is 23.7. The minimum Gasteiger partial charge on any atom is -0.478 e. The molecule has 4 fully saturated rings. The Hall–Kier alpha value is -2.66. The third-order valence-electron chi connectivity index (χ3n) is 9.73. The van der Waals surface area contributed by atoms with E-state index in [0.717, 1.165) is 65.2 Å². The maximum Gasteiger partial charge on any atom is 0.392 e. The third kappa shape index (κ3) is 5.02. The van der Waals surface area contributed by atoms with E-state index in [1.54, 1.807) is 18.2 Å². The van der Waals surface area contributed by atoms with E-state index < -0.39 is 24.0 Å². The maximum atomic E-state index is 14.0. The topological polar surface area (TPSA) is 88.7 Å². The summed E-state index contributed by atoms with van der Waals surface area (Å²) in [6.07, 6.45) is 2.30. The van der Waals surface area contributed by atoms with Gasteiger partial charge in [-0.25, -0.2) is 9.78 Å². The summed E-state index contributed by atoms with van der Waals surface area (Å²) in [5.74, 6) is -1.59. The Morgan fingerprint density at radius 3 is 2.71 bits per heavy atom. The molecule has 4 heterocycles. The number of hydrogen-bond donors (Lipinski definition) is 1. The van der Waals surface area contributed by atoms with Crippen LogP contribution in [0.15, 0.2) is 22.7 Å². The summed E-state index contributed by atoms with van der Waals surface area (Å²) < 4.78 is 55.0. The first-order valence-corrected chi connectivity index (χ1v) is 15.6. The molecular formula is C30H34F3N3O4S. The number of carboxylic acids is 1. The summed E-state index contributed by atoms with van der Waals surface area (Å²) >= 11 is 1.53. The van der Waals surface area contributed by atoms with Gasteiger partial charge in [0.1, 0.15) is 5.76 Å². The first-order valence-electron chi connectivity index (χ1n) is 14.8. The number of ether oxygens (including phenoxy) is 1. The van der Waals surface area contributed by atoms with Crippen molar-refractivity contribution in [2.45, 2.75) is 108 Å². The van der Waals surface area contributed by atoms with Gasteiger partial charge in [-0.05, 0) is 69.1 Å². The number of carboxylic acid groups (broad SMARTS) is 1. The minimum atomic E-state index is -4.25. The van der Waals surface area contributed by atoms with Crippen LogP contribution in [0.25, 0.3) is 10.2 Å². The van der Waals surface area contributed by atoms with Crippen LogP contribution in [0.2, 0.25) is 0 Å². The second kappa shape index (κ2) is 10.3.